The Morgan fingerprint density at radius 2 is 1.96 bits per heavy atom. The Morgan fingerprint density at radius 1 is 1.17 bits per heavy atom. The number of hydrogen-bond acceptors (Lipinski definition) is 4. The standard InChI is InChI=1S/C18H21NO3.ClH/c1-20-14-7-8-16-17(19)9-15(22-18(16)10-14)12-21-11-13-5-3-2-4-6-13;/h2-8,10,15,17H,9,11-12,19H2,1H3;1H/t15-,17-;/m0./s1. The summed E-state index contributed by atoms with van der Waals surface area (Å²) in [7, 11) is 1.64. The Hall–Kier alpha value is -1.75. The van der Waals surface area contributed by atoms with Gasteiger partial charge in [0.2, 0.25) is 0 Å². The Bertz CT molecular complexity index is 621. The second-order valence-electron chi connectivity index (χ2n) is 5.49. The maximum absolute atomic E-state index is 6.23. The van der Waals surface area contributed by atoms with Crippen molar-refractivity contribution in [3.8, 4) is 11.5 Å². The van der Waals surface area contributed by atoms with Crippen LogP contribution in [0.25, 0.3) is 0 Å². The molecule has 3 rings (SSSR count). The first-order chi connectivity index (χ1) is 10.8. The van der Waals surface area contributed by atoms with E-state index in [2.05, 4.69) is 0 Å². The third kappa shape index (κ3) is 4.38. The number of methoxy groups -OCH3 is 1. The molecule has 2 N–H and O–H groups in total. The van der Waals surface area contributed by atoms with E-state index in [9.17, 15) is 0 Å². The highest BCUT2D eigenvalue weighted by atomic mass is 35.5. The van der Waals surface area contributed by atoms with Crippen molar-refractivity contribution < 1.29 is 14.2 Å². The SMILES string of the molecule is COc1ccc2c(c1)O[C@H](COCc1ccccc1)C[C@@H]2N.Cl. The maximum Gasteiger partial charge on any atom is 0.128 e. The van der Waals surface area contributed by atoms with Crippen molar-refractivity contribution in [3.05, 3.63) is 59.7 Å². The fourth-order valence-corrected chi connectivity index (χ4v) is 2.67. The average molecular weight is 336 g/mol. The highest BCUT2D eigenvalue weighted by Gasteiger charge is 2.26. The minimum atomic E-state index is -0.0293. The van der Waals surface area contributed by atoms with Crippen molar-refractivity contribution in [1.82, 2.24) is 0 Å². The fraction of sp³-hybridized carbons (Fsp3) is 0.333. The van der Waals surface area contributed by atoms with Crippen LogP contribution in [0.3, 0.4) is 0 Å². The van der Waals surface area contributed by atoms with Gasteiger partial charge in [-0.15, -0.1) is 12.4 Å². The average Bonchev–Trinajstić information content (AvgIpc) is 2.55. The predicted molar refractivity (Wildman–Crippen MR) is 92.3 cm³/mol. The fourth-order valence-electron chi connectivity index (χ4n) is 2.67. The van der Waals surface area contributed by atoms with Gasteiger partial charge in [-0.1, -0.05) is 36.4 Å². The van der Waals surface area contributed by atoms with Gasteiger partial charge in [0, 0.05) is 24.1 Å². The topological polar surface area (TPSA) is 53.7 Å². The van der Waals surface area contributed by atoms with Crippen LogP contribution in [0, 0.1) is 0 Å². The Morgan fingerprint density at radius 3 is 2.70 bits per heavy atom. The second kappa shape index (κ2) is 8.20. The van der Waals surface area contributed by atoms with E-state index in [1.807, 2.05) is 48.5 Å². The molecular formula is C18H22ClNO3. The number of fused-ring (bicyclic) bond motifs is 1. The highest BCUT2D eigenvalue weighted by Crippen LogP contribution is 2.36. The summed E-state index contributed by atoms with van der Waals surface area (Å²) in [5, 5.41) is 0. The van der Waals surface area contributed by atoms with E-state index in [0.29, 0.717) is 13.2 Å². The zero-order chi connectivity index (χ0) is 15.4. The third-order valence-electron chi connectivity index (χ3n) is 3.85. The summed E-state index contributed by atoms with van der Waals surface area (Å²) in [6.45, 7) is 1.11. The van der Waals surface area contributed by atoms with Crippen LogP contribution in [0.2, 0.25) is 0 Å². The highest BCUT2D eigenvalue weighted by molar-refractivity contribution is 5.85. The lowest BCUT2D eigenvalue weighted by Gasteiger charge is -2.30. The monoisotopic (exact) mass is 335 g/mol. The summed E-state index contributed by atoms with van der Waals surface area (Å²) in [5.74, 6) is 1.57. The third-order valence-corrected chi connectivity index (χ3v) is 3.85. The molecule has 0 fully saturated rings. The molecule has 0 amide bonds. The molecule has 0 spiro atoms. The first kappa shape index (κ1) is 17.6. The molecule has 0 radical (unpaired) electrons. The minimum Gasteiger partial charge on any atom is -0.497 e. The lowest BCUT2D eigenvalue weighted by molar-refractivity contribution is 0.0267. The number of nitrogens with two attached hydrogens (primary N) is 1. The number of rotatable bonds is 5. The number of benzene rings is 2. The molecule has 1 heterocycles. The summed E-state index contributed by atoms with van der Waals surface area (Å²) < 4.78 is 17.0. The number of hydrogen-bond donors (Lipinski definition) is 1. The molecular weight excluding hydrogens is 314 g/mol. The molecule has 0 saturated carbocycles. The van der Waals surface area contributed by atoms with Crippen molar-refractivity contribution in [2.45, 2.75) is 25.2 Å². The molecule has 1 aliphatic rings. The Kier molecular flexibility index (Phi) is 6.28. The molecule has 0 aliphatic carbocycles. The largest absolute Gasteiger partial charge is 0.497 e. The Balaban J connectivity index is 0.00000192. The van der Waals surface area contributed by atoms with E-state index in [1.165, 1.54) is 0 Å². The van der Waals surface area contributed by atoms with Crippen LogP contribution in [0.4, 0.5) is 0 Å². The minimum absolute atomic E-state index is 0. The van der Waals surface area contributed by atoms with Crippen LogP contribution >= 0.6 is 12.4 Å². The van der Waals surface area contributed by atoms with E-state index in [4.69, 9.17) is 19.9 Å². The van der Waals surface area contributed by atoms with Crippen molar-refractivity contribution in [2.75, 3.05) is 13.7 Å². The maximum atomic E-state index is 6.23. The van der Waals surface area contributed by atoms with Crippen LogP contribution in [0.1, 0.15) is 23.6 Å². The van der Waals surface area contributed by atoms with E-state index >= 15 is 0 Å². The molecule has 5 heteroatoms. The lowest BCUT2D eigenvalue weighted by Crippen LogP contribution is -2.33. The van der Waals surface area contributed by atoms with E-state index in [0.717, 1.165) is 29.0 Å². The van der Waals surface area contributed by atoms with E-state index in [1.54, 1.807) is 7.11 Å². The van der Waals surface area contributed by atoms with Gasteiger partial charge in [0.25, 0.3) is 0 Å². The van der Waals surface area contributed by atoms with E-state index < -0.39 is 0 Å². The van der Waals surface area contributed by atoms with E-state index in [-0.39, 0.29) is 24.6 Å². The van der Waals surface area contributed by atoms with Crippen LogP contribution < -0.4 is 15.2 Å². The molecule has 0 unspecified atom stereocenters. The van der Waals surface area contributed by atoms with Crippen molar-refractivity contribution in [2.24, 2.45) is 5.73 Å². The molecule has 0 aromatic heterocycles. The zero-order valence-corrected chi connectivity index (χ0v) is 13.9. The smallest absolute Gasteiger partial charge is 0.128 e. The molecule has 1 aliphatic heterocycles. The molecule has 2 aromatic carbocycles. The van der Waals surface area contributed by atoms with Gasteiger partial charge in [-0.05, 0) is 11.6 Å². The van der Waals surface area contributed by atoms with Gasteiger partial charge in [0.1, 0.15) is 17.6 Å². The summed E-state index contributed by atoms with van der Waals surface area (Å²) >= 11 is 0. The van der Waals surface area contributed by atoms with Gasteiger partial charge < -0.3 is 19.9 Å². The molecule has 23 heavy (non-hydrogen) atoms. The Labute approximate surface area is 143 Å². The van der Waals surface area contributed by atoms with Crippen LogP contribution in [-0.2, 0) is 11.3 Å². The molecule has 124 valence electrons. The van der Waals surface area contributed by atoms with Gasteiger partial charge in [-0.25, -0.2) is 0 Å². The van der Waals surface area contributed by atoms with Gasteiger partial charge in [0.05, 0.1) is 20.3 Å². The normalized spacial score (nSPS) is 19.2. The predicted octanol–water partition coefficient (Wildman–Crippen LogP) is 3.48. The van der Waals surface area contributed by atoms with Crippen LogP contribution in [-0.4, -0.2) is 19.8 Å². The van der Waals surface area contributed by atoms with Gasteiger partial charge >= 0.3 is 0 Å². The summed E-state index contributed by atoms with van der Waals surface area (Å²) in [6.07, 6.45) is 0.729. The van der Waals surface area contributed by atoms with Crippen molar-refractivity contribution >= 4 is 12.4 Å². The first-order valence-electron chi connectivity index (χ1n) is 7.48. The molecule has 2 atom stereocenters. The van der Waals surface area contributed by atoms with Gasteiger partial charge in [-0.3, -0.25) is 0 Å². The number of ether oxygens (including phenoxy) is 3. The van der Waals surface area contributed by atoms with Crippen molar-refractivity contribution in [1.29, 1.82) is 0 Å². The van der Waals surface area contributed by atoms with Crippen LogP contribution in [0.5, 0.6) is 11.5 Å². The first-order valence-corrected chi connectivity index (χ1v) is 7.48. The second-order valence-corrected chi connectivity index (χ2v) is 5.49. The molecule has 0 bridgehead atoms. The quantitative estimate of drug-likeness (QED) is 0.908. The van der Waals surface area contributed by atoms with Crippen molar-refractivity contribution in [3.63, 3.8) is 0 Å². The molecule has 4 nitrogen and oxygen atoms in total. The van der Waals surface area contributed by atoms with Gasteiger partial charge in [-0.2, -0.15) is 0 Å². The summed E-state index contributed by atoms with van der Waals surface area (Å²) in [5.41, 5.74) is 8.42. The molecule has 0 saturated heterocycles. The summed E-state index contributed by atoms with van der Waals surface area (Å²) in [4.78, 5) is 0. The summed E-state index contributed by atoms with van der Waals surface area (Å²) in [6, 6.07) is 15.9. The van der Waals surface area contributed by atoms with Gasteiger partial charge in [0.15, 0.2) is 0 Å². The zero-order valence-electron chi connectivity index (χ0n) is 13.1. The molecule has 2 aromatic rings. The lowest BCUT2D eigenvalue weighted by atomic mass is 9.97. The van der Waals surface area contributed by atoms with Crippen LogP contribution in [0.15, 0.2) is 48.5 Å². The number of halogens is 1.